The molecule has 0 radical (unpaired) electrons. The number of nitrogens with two attached hydrogens (primary N) is 1. The van der Waals surface area contributed by atoms with Crippen LogP contribution in [0.3, 0.4) is 0 Å². The average molecular weight is 416 g/mol. The van der Waals surface area contributed by atoms with Crippen molar-refractivity contribution in [3.05, 3.63) is 0 Å². The number of carbonyl (C=O) groups excluding carboxylic acids is 1. The number of hydrazine groups is 1. The van der Waals surface area contributed by atoms with Crippen LogP contribution in [0.1, 0.15) is 19.3 Å². The molecule has 6 unspecified atom stereocenters. The van der Waals surface area contributed by atoms with E-state index in [1.807, 2.05) is 12.1 Å². The number of rotatable bonds is 4. The predicted molar refractivity (Wildman–Crippen MR) is 108 cm³/mol. The number of piperidine rings is 2. The van der Waals surface area contributed by atoms with E-state index in [9.17, 15) is 4.79 Å². The van der Waals surface area contributed by atoms with Crippen molar-refractivity contribution in [2.75, 3.05) is 46.3 Å². The molecule has 1 amide bonds. The van der Waals surface area contributed by atoms with Crippen molar-refractivity contribution >= 4 is 17.5 Å². The maximum absolute atomic E-state index is 13.2. The fourth-order valence-electron chi connectivity index (χ4n) is 4.99. The van der Waals surface area contributed by atoms with Gasteiger partial charge in [0, 0.05) is 26.2 Å². The molecule has 0 saturated carbocycles. The van der Waals surface area contributed by atoms with Gasteiger partial charge in [0.15, 0.2) is 0 Å². The first kappa shape index (κ1) is 20.7. The standard InChI is InChI=1S/C18H34ClN7O2/c1-25-9-11(19)10-26-18(25)15(16(20)24-26)17(27)23-13-8-22-6-4-14(13)28-12-3-2-5-21-7-12/h11-16,18,21-22,24H,2-10,20H2,1H3,(H,23,27)/t11?,12-,13?,14?,15?,16?,18?/m0/s1. The van der Waals surface area contributed by atoms with Gasteiger partial charge in [-0.05, 0) is 39.4 Å². The lowest BCUT2D eigenvalue weighted by Gasteiger charge is -2.41. The third-order valence-corrected chi connectivity index (χ3v) is 6.62. The lowest BCUT2D eigenvalue weighted by molar-refractivity contribution is -0.132. The molecule has 4 aliphatic rings. The number of hydrogen-bond acceptors (Lipinski definition) is 8. The summed E-state index contributed by atoms with van der Waals surface area (Å²) in [5, 5.41) is 12.1. The first-order valence-corrected chi connectivity index (χ1v) is 11.0. The number of nitrogens with one attached hydrogen (secondary N) is 4. The monoisotopic (exact) mass is 415 g/mol. The van der Waals surface area contributed by atoms with Gasteiger partial charge < -0.3 is 26.4 Å². The Morgan fingerprint density at radius 2 is 2.04 bits per heavy atom. The van der Waals surface area contributed by atoms with Gasteiger partial charge in [0.1, 0.15) is 0 Å². The number of hydrogen-bond donors (Lipinski definition) is 5. The number of alkyl halides is 1. The smallest absolute Gasteiger partial charge is 0.229 e. The van der Waals surface area contributed by atoms with Crippen LogP contribution in [0.25, 0.3) is 0 Å². The summed E-state index contributed by atoms with van der Waals surface area (Å²) in [4.78, 5) is 15.3. The van der Waals surface area contributed by atoms with E-state index in [-0.39, 0.29) is 41.6 Å². The molecule has 4 rings (SSSR count). The Hall–Kier alpha value is -0.520. The Balaban J connectivity index is 1.39. The fourth-order valence-corrected chi connectivity index (χ4v) is 5.36. The van der Waals surface area contributed by atoms with Gasteiger partial charge in [-0.1, -0.05) is 0 Å². The van der Waals surface area contributed by atoms with Gasteiger partial charge in [-0.15, -0.1) is 11.6 Å². The van der Waals surface area contributed by atoms with E-state index < -0.39 is 6.17 Å². The second-order valence-electron chi connectivity index (χ2n) is 8.53. The van der Waals surface area contributed by atoms with Gasteiger partial charge in [0.05, 0.1) is 41.9 Å². The summed E-state index contributed by atoms with van der Waals surface area (Å²) >= 11 is 6.33. The predicted octanol–water partition coefficient (Wildman–Crippen LogP) is -1.80. The quantitative estimate of drug-likeness (QED) is 0.342. The summed E-state index contributed by atoms with van der Waals surface area (Å²) in [6.07, 6.45) is 2.88. The molecule has 0 aromatic heterocycles. The number of nitrogens with zero attached hydrogens (tertiary/aromatic N) is 2. The summed E-state index contributed by atoms with van der Waals surface area (Å²) in [6, 6.07) is -0.0425. The van der Waals surface area contributed by atoms with Crippen LogP contribution < -0.4 is 27.1 Å². The molecule has 10 heteroatoms. The molecule has 0 spiro atoms. The second-order valence-corrected chi connectivity index (χ2v) is 9.15. The SMILES string of the molecule is CN1CC(Cl)CN2NC(N)C(C(=O)NC3CNCCC3O[C@H]3CCCNC3)C12. The summed E-state index contributed by atoms with van der Waals surface area (Å²) in [5.41, 5.74) is 9.53. The zero-order valence-corrected chi connectivity index (χ0v) is 17.3. The molecule has 6 N–H and O–H groups in total. The van der Waals surface area contributed by atoms with Gasteiger partial charge in [-0.25, -0.2) is 10.4 Å². The van der Waals surface area contributed by atoms with Crippen LogP contribution in [0.2, 0.25) is 0 Å². The molecular weight excluding hydrogens is 382 g/mol. The van der Waals surface area contributed by atoms with Crippen LogP contribution in [0.15, 0.2) is 0 Å². The van der Waals surface area contributed by atoms with Gasteiger partial charge in [-0.3, -0.25) is 9.69 Å². The van der Waals surface area contributed by atoms with Crippen LogP contribution in [-0.4, -0.2) is 98.1 Å². The van der Waals surface area contributed by atoms with E-state index in [1.54, 1.807) is 0 Å². The zero-order chi connectivity index (χ0) is 19.7. The van der Waals surface area contributed by atoms with Crippen molar-refractivity contribution in [3.8, 4) is 0 Å². The normalized spacial score (nSPS) is 42.9. The number of amides is 1. The molecule has 4 saturated heterocycles. The summed E-state index contributed by atoms with van der Waals surface area (Å²) in [5.74, 6) is -0.371. The van der Waals surface area contributed by atoms with Crippen molar-refractivity contribution in [3.63, 3.8) is 0 Å². The number of ether oxygens (including phenoxy) is 1. The zero-order valence-electron chi connectivity index (χ0n) is 16.6. The van der Waals surface area contributed by atoms with Crippen LogP contribution in [0.4, 0.5) is 0 Å². The fraction of sp³-hybridized carbons (Fsp3) is 0.944. The van der Waals surface area contributed by atoms with Gasteiger partial charge in [0.25, 0.3) is 0 Å². The highest BCUT2D eigenvalue weighted by Gasteiger charge is 2.49. The van der Waals surface area contributed by atoms with Crippen LogP contribution in [0.5, 0.6) is 0 Å². The molecule has 9 nitrogen and oxygen atoms in total. The Labute approximate surface area is 172 Å². The van der Waals surface area contributed by atoms with E-state index in [4.69, 9.17) is 22.1 Å². The molecule has 0 bridgehead atoms. The van der Waals surface area contributed by atoms with E-state index in [1.165, 1.54) is 0 Å². The molecule has 4 heterocycles. The summed E-state index contributed by atoms with van der Waals surface area (Å²) in [7, 11) is 2.00. The highest BCUT2D eigenvalue weighted by Crippen LogP contribution is 2.28. The highest BCUT2D eigenvalue weighted by atomic mass is 35.5. The van der Waals surface area contributed by atoms with Crippen molar-refractivity contribution in [1.29, 1.82) is 0 Å². The van der Waals surface area contributed by atoms with Gasteiger partial charge in [0.2, 0.25) is 5.91 Å². The van der Waals surface area contributed by atoms with E-state index in [0.717, 1.165) is 52.0 Å². The minimum atomic E-state index is -0.423. The average Bonchev–Trinajstić information content (AvgIpc) is 3.00. The van der Waals surface area contributed by atoms with Crippen molar-refractivity contribution in [2.45, 2.75) is 55.2 Å². The Kier molecular flexibility index (Phi) is 6.74. The lowest BCUT2D eigenvalue weighted by Crippen LogP contribution is -2.61. The largest absolute Gasteiger partial charge is 0.371 e. The Morgan fingerprint density at radius 1 is 1.21 bits per heavy atom. The minimum absolute atomic E-state index is 0.0172. The van der Waals surface area contributed by atoms with Gasteiger partial charge in [-0.2, -0.15) is 0 Å². The maximum atomic E-state index is 13.2. The molecule has 4 fully saturated rings. The lowest BCUT2D eigenvalue weighted by atomic mass is 9.97. The topological polar surface area (TPSA) is 107 Å². The number of halogens is 1. The summed E-state index contributed by atoms with van der Waals surface area (Å²) in [6.45, 7) is 5.01. The first-order valence-electron chi connectivity index (χ1n) is 10.5. The molecule has 160 valence electrons. The molecule has 0 aromatic carbocycles. The van der Waals surface area contributed by atoms with Crippen LogP contribution in [-0.2, 0) is 9.53 Å². The molecular formula is C18H34ClN7O2. The Morgan fingerprint density at radius 3 is 2.82 bits per heavy atom. The van der Waals surface area contributed by atoms with Crippen molar-refractivity contribution in [1.82, 2.24) is 31.3 Å². The van der Waals surface area contributed by atoms with E-state index in [0.29, 0.717) is 6.54 Å². The molecule has 0 aliphatic carbocycles. The van der Waals surface area contributed by atoms with Crippen LogP contribution >= 0.6 is 11.6 Å². The molecule has 7 atom stereocenters. The second kappa shape index (κ2) is 9.09. The first-order chi connectivity index (χ1) is 13.5. The molecule has 4 aliphatic heterocycles. The maximum Gasteiger partial charge on any atom is 0.229 e. The van der Waals surface area contributed by atoms with Crippen molar-refractivity contribution < 1.29 is 9.53 Å². The Bertz CT molecular complexity index is 550. The minimum Gasteiger partial charge on any atom is -0.371 e. The van der Waals surface area contributed by atoms with E-state index in [2.05, 4.69) is 26.3 Å². The molecule has 28 heavy (non-hydrogen) atoms. The summed E-state index contributed by atoms with van der Waals surface area (Å²) < 4.78 is 6.37. The van der Waals surface area contributed by atoms with Crippen LogP contribution in [0, 0.1) is 5.92 Å². The number of fused-ring (bicyclic) bond motifs is 1. The van der Waals surface area contributed by atoms with Crippen molar-refractivity contribution in [2.24, 2.45) is 11.7 Å². The van der Waals surface area contributed by atoms with Gasteiger partial charge >= 0.3 is 0 Å². The number of carbonyl (C=O) groups is 1. The third kappa shape index (κ3) is 4.46. The molecule has 0 aromatic rings. The highest BCUT2D eigenvalue weighted by molar-refractivity contribution is 6.21. The third-order valence-electron chi connectivity index (χ3n) is 6.34. The van der Waals surface area contributed by atoms with E-state index >= 15 is 0 Å².